The maximum Gasteiger partial charge on any atom is 0.0111 e. The Morgan fingerprint density at radius 3 is 2.43 bits per heavy atom. The lowest BCUT2D eigenvalue weighted by molar-refractivity contribution is 0.372. The Labute approximate surface area is 128 Å². The van der Waals surface area contributed by atoms with Gasteiger partial charge in [0.25, 0.3) is 0 Å². The number of aryl methyl sites for hydroxylation is 3. The zero-order valence-corrected chi connectivity index (χ0v) is 13.1. The van der Waals surface area contributed by atoms with E-state index in [2.05, 4.69) is 56.3 Å². The predicted octanol–water partition coefficient (Wildman–Crippen LogP) is 3.98. The Balaban J connectivity index is 1.70. The summed E-state index contributed by atoms with van der Waals surface area (Å²) in [6.45, 7) is 4.33. The fourth-order valence-corrected chi connectivity index (χ4v) is 3.72. The van der Waals surface area contributed by atoms with Gasteiger partial charge in [0, 0.05) is 6.04 Å². The Bertz CT molecular complexity index is 609. The van der Waals surface area contributed by atoms with Crippen LogP contribution in [0, 0.1) is 19.8 Å². The van der Waals surface area contributed by atoms with E-state index in [9.17, 15) is 0 Å². The fraction of sp³-hybridized carbons (Fsp3) is 0.400. The van der Waals surface area contributed by atoms with Crippen LogP contribution in [0.3, 0.4) is 0 Å². The van der Waals surface area contributed by atoms with Crippen LogP contribution in [0.5, 0.6) is 0 Å². The summed E-state index contributed by atoms with van der Waals surface area (Å²) in [6, 6.07) is 15.9. The van der Waals surface area contributed by atoms with E-state index < -0.39 is 0 Å². The summed E-state index contributed by atoms with van der Waals surface area (Å²) < 4.78 is 0. The van der Waals surface area contributed by atoms with Gasteiger partial charge >= 0.3 is 0 Å². The van der Waals surface area contributed by atoms with E-state index in [1.54, 1.807) is 0 Å². The molecule has 2 atom stereocenters. The van der Waals surface area contributed by atoms with Gasteiger partial charge in [-0.05, 0) is 62.1 Å². The number of hydrogen-bond donors (Lipinski definition) is 1. The first-order valence-electron chi connectivity index (χ1n) is 8.01. The van der Waals surface area contributed by atoms with Gasteiger partial charge in [-0.2, -0.15) is 0 Å². The van der Waals surface area contributed by atoms with Crippen molar-refractivity contribution < 1.29 is 0 Å². The molecule has 1 aliphatic rings. The Morgan fingerprint density at radius 2 is 1.71 bits per heavy atom. The highest BCUT2D eigenvalue weighted by Gasteiger charge is 2.23. The molecule has 2 unspecified atom stereocenters. The number of benzene rings is 2. The minimum Gasteiger partial charge on any atom is -0.327 e. The molecule has 110 valence electrons. The first kappa shape index (κ1) is 14.3. The van der Waals surface area contributed by atoms with Gasteiger partial charge < -0.3 is 5.73 Å². The molecule has 3 rings (SSSR count). The van der Waals surface area contributed by atoms with Crippen molar-refractivity contribution in [2.24, 2.45) is 11.7 Å². The molecule has 0 fully saturated rings. The number of rotatable bonds is 3. The molecule has 0 spiro atoms. The lowest BCUT2D eigenvalue weighted by atomic mass is 9.78. The first-order chi connectivity index (χ1) is 10.1. The topological polar surface area (TPSA) is 26.0 Å². The van der Waals surface area contributed by atoms with E-state index in [0.29, 0.717) is 5.92 Å². The molecule has 0 heterocycles. The van der Waals surface area contributed by atoms with Crippen LogP contribution in [-0.4, -0.2) is 6.04 Å². The highest BCUT2D eigenvalue weighted by atomic mass is 14.6. The maximum absolute atomic E-state index is 6.54. The smallest absolute Gasteiger partial charge is 0.0111 e. The molecule has 2 aromatic rings. The minimum atomic E-state index is 0.263. The van der Waals surface area contributed by atoms with Crippen molar-refractivity contribution in [2.75, 3.05) is 0 Å². The summed E-state index contributed by atoms with van der Waals surface area (Å²) in [7, 11) is 0. The van der Waals surface area contributed by atoms with Gasteiger partial charge in [0.15, 0.2) is 0 Å². The molecule has 0 aliphatic heterocycles. The van der Waals surface area contributed by atoms with Crippen LogP contribution in [0.2, 0.25) is 0 Å². The summed E-state index contributed by atoms with van der Waals surface area (Å²) in [6.07, 6.45) is 4.54. The molecular formula is C20H25N. The van der Waals surface area contributed by atoms with Crippen LogP contribution < -0.4 is 5.73 Å². The molecule has 0 amide bonds. The van der Waals surface area contributed by atoms with E-state index in [-0.39, 0.29) is 6.04 Å². The standard InChI is InChI=1S/C20H25N/c1-14-9-15(2)11-16(10-14)12-20(21)19-8-7-17-5-3-4-6-18(17)13-19/h3-6,9-11,19-20H,7-8,12-13,21H2,1-2H3. The van der Waals surface area contributed by atoms with Crippen LogP contribution in [-0.2, 0) is 19.3 Å². The van der Waals surface area contributed by atoms with E-state index in [0.717, 1.165) is 12.8 Å². The van der Waals surface area contributed by atoms with Crippen LogP contribution in [0.4, 0.5) is 0 Å². The zero-order valence-electron chi connectivity index (χ0n) is 13.1. The highest BCUT2D eigenvalue weighted by Crippen LogP contribution is 2.28. The van der Waals surface area contributed by atoms with Crippen LogP contribution >= 0.6 is 0 Å². The molecule has 1 aliphatic carbocycles. The lowest BCUT2D eigenvalue weighted by Crippen LogP contribution is -2.35. The van der Waals surface area contributed by atoms with Crippen molar-refractivity contribution in [1.82, 2.24) is 0 Å². The average Bonchev–Trinajstić information content (AvgIpc) is 2.45. The number of hydrogen-bond acceptors (Lipinski definition) is 1. The van der Waals surface area contributed by atoms with Gasteiger partial charge in [-0.1, -0.05) is 53.6 Å². The molecule has 1 heteroatoms. The normalized spacial score (nSPS) is 19.1. The van der Waals surface area contributed by atoms with Gasteiger partial charge in [0.2, 0.25) is 0 Å². The molecule has 0 saturated heterocycles. The molecule has 0 saturated carbocycles. The van der Waals surface area contributed by atoms with Crippen molar-refractivity contribution in [3.63, 3.8) is 0 Å². The SMILES string of the molecule is Cc1cc(C)cc(CC(N)C2CCc3ccccc3C2)c1. The van der Waals surface area contributed by atoms with Crippen molar-refractivity contribution >= 4 is 0 Å². The van der Waals surface area contributed by atoms with E-state index in [1.807, 2.05) is 0 Å². The van der Waals surface area contributed by atoms with Crippen LogP contribution in [0.1, 0.15) is 34.2 Å². The number of nitrogens with two attached hydrogens (primary N) is 1. The molecular weight excluding hydrogens is 254 g/mol. The van der Waals surface area contributed by atoms with Gasteiger partial charge in [-0.25, -0.2) is 0 Å². The predicted molar refractivity (Wildman–Crippen MR) is 89.6 cm³/mol. The quantitative estimate of drug-likeness (QED) is 0.903. The largest absolute Gasteiger partial charge is 0.327 e. The Morgan fingerprint density at radius 1 is 1.05 bits per heavy atom. The minimum absolute atomic E-state index is 0.263. The molecule has 21 heavy (non-hydrogen) atoms. The average molecular weight is 279 g/mol. The van der Waals surface area contributed by atoms with Crippen LogP contribution in [0.25, 0.3) is 0 Å². The fourth-order valence-electron chi connectivity index (χ4n) is 3.72. The van der Waals surface area contributed by atoms with E-state index in [4.69, 9.17) is 5.73 Å². The van der Waals surface area contributed by atoms with Crippen molar-refractivity contribution in [3.8, 4) is 0 Å². The third-order valence-corrected chi connectivity index (χ3v) is 4.74. The summed E-state index contributed by atoms with van der Waals surface area (Å²) in [4.78, 5) is 0. The first-order valence-corrected chi connectivity index (χ1v) is 8.01. The highest BCUT2D eigenvalue weighted by molar-refractivity contribution is 5.31. The van der Waals surface area contributed by atoms with Crippen molar-refractivity contribution in [2.45, 2.75) is 45.6 Å². The second-order valence-electron chi connectivity index (χ2n) is 6.64. The zero-order chi connectivity index (χ0) is 14.8. The maximum atomic E-state index is 6.54. The second kappa shape index (κ2) is 6.03. The third kappa shape index (κ3) is 3.36. The molecule has 2 aromatic carbocycles. The van der Waals surface area contributed by atoms with Crippen molar-refractivity contribution in [3.05, 3.63) is 70.3 Å². The van der Waals surface area contributed by atoms with Crippen molar-refractivity contribution in [1.29, 1.82) is 0 Å². The molecule has 0 radical (unpaired) electrons. The summed E-state index contributed by atoms with van der Waals surface area (Å²) in [5.41, 5.74) is 13.6. The Hall–Kier alpha value is -1.60. The monoisotopic (exact) mass is 279 g/mol. The van der Waals surface area contributed by atoms with Gasteiger partial charge in [0.05, 0.1) is 0 Å². The summed E-state index contributed by atoms with van der Waals surface area (Å²) >= 11 is 0. The number of fused-ring (bicyclic) bond motifs is 1. The molecule has 0 aromatic heterocycles. The molecule has 2 N–H and O–H groups in total. The van der Waals surface area contributed by atoms with E-state index in [1.165, 1.54) is 40.7 Å². The lowest BCUT2D eigenvalue weighted by Gasteiger charge is -2.29. The Kier molecular flexibility index (Phi) is 4.12. The van der Waals surface area contributed by atoms with Gasteiger partial charge in [-0.3, -0.25) is 0 Å². The molecule has 1 nitrogen and oxygen atoms in total. The summed E-state index contributed by atoms with van der Waals surface area (Å²) in [5, 5.41) is 0. The third-order valence-electron chi connectivity index (χ3n) is 4.74. The van der Waals surface area contributed by atoms with E-state index >= 15 is 0 Å². The van der Waals surface area contributed by atoms with Crippen LogP contribution in [0.15, 0.2) is 42.5 Å². The molecule has 0 bridgehead atoms. The van der Waals surface area contributed by atoms with Gasteiger partial charge in [0.1, 0.15) is 0 Å². The summed E-state index contributed by atoms with van der Waals surface area (Å²) in [5.74, 6) is 0.612. The van der Waals surface area contributed by atoms with Gasteiger partial charge in [-0.15, -0.1) is 0 Å². The second-order valence-corrected chi connectivity index (χ2v) is 6.64.